The molecule has 0 spiro atoms. The van der Waals surface area contributed by atoms with Crippen molar-refractivity contribution in [1.29, 1.82) is 0 Å². The molecule has 0 unspecified atom stereocenters. The Bertz CT molecular complexity index is 633. The summed E-state index contributed by atoms with van der Waals surface area (Å²) in [5.74, 6) is -2.84. The summed E-state index contributed by atoms with van der Waals surface area (Å²) < 4.78 is 26.4. The van der Waals surface area contributed by atoms with E-state index in [4.69, 9.17) is 0 Å². The van der Waals surface area contributed by atoms with E-state index >= 15 is 0 Å². The van der Waals surface area contributed by atoms with Crippen LogP contribution in [0.3, 0.4) is 0 Å². The molecule has 0 saturated heterocycles. The number of Topliss-reactive ketones (excluding diaryl/α,β-unsaturated/α-hetero) is 1. The second-order valence-corrected chi connectivity index (χ2v) is 5.52. The smallest absolute Gasteiger partial charge is 0.248 e. The first-order chi connectivity index (χ1) is 9.57. The van der Waals surface area contributed by atoms with Crippen molar-refractivity contribution in [2.24, 2.45) is 5.92 Å². The maximum absolute atomic E-state index is 13.2. The van der Waals surface area contributed by atoms with E-state index in [9.17, 15) is 13.6 Å². The van der Waals surface area contributed by atoms with Crippen LogP contribution < -0.4 is 0 Å². The van der Waals surface area contributed by atoms with Crippen LogP contribution in [0.15, 0.2) is 42.5 Å². The van der Waals surface area contributed by atoms with Crippen LogP contribution in [0.1, 0.15) is 36.0 Å². The van der Waals surface area contributed by atoms with Gasteiger partial charge in [-0.1, -0.05) is 42.5 Å². The largest absolute Gasteiger partial charge is 0.294 e. The third-order valence-corrected chi connectivity index (χ3v) is 4.14. The van der Waals surface area contributed by atoms with Crippen molar-refractivity contribution in [2.75, 3.05) is 0 Å². The second-order valence-electron chi connectivity index (χ2n) is 5.52. The van der Waals surface area contributed by atoms with Crippen LogP contribution in [0.5, 0.6) is 0 Å². The van der Waals surface area contributed by atoms with E-state index in [1.165, 1.54) is 0 Å². The van der Waals surface area contributed by atoms with Gasteiger partial charge in [-0.25, -0.2) is 8.78 Å². The molecule has 0 aromatic heterocycles. The number of carbonyl (C=O) groups excluding carboxylic acids is 1. The van der Waals surface area contributed by atoms with Gasteiger partial charge in [-0.3, -0.25) is 4.79 Å². The van der Waals surface area contributed by atoms with Gasteiger partial charge >= 0.3 is 0 Å². The standard InChI is InChI=1S/C17H16F2O/c18-17(19)10-8-13(9-11-17)16(20)15-7-3-5-12-4-1-2-6-14(12)15/h1-7,13H,8-11H2. The van der Waals surface area contributed by atoms with Crippen LogP contribution in [-0.2, 0) is 0 Å². The minimum atomic E-state index is -2.59. The van der Waals surface area contributed by atoms with Gasteiger partial charge in [0.1, 0.15) is 0 Å². The highest BCUT2D eigenvalue weighted by molar-refractivity contribution is 6.09. The summed E-state index contributed by atoms with van der Waals surface area (Å²) in [6.07, 6.45) is 0.229. The van der Waals surface area contributed by atoms with Crippen LogP contribution in [0, 0.1) is 5.92 Å². The highest BCUT2D eigenvalue weighted by atomic mass is 19.3. The lowest BCUT2D eigenvalue weighted by Crippen LogP contribution is -2.28. The Morgan fingerprint density at radius 3 is 2.40 bits per heavy atom. The molecular formula is C17H16F2O. The van der Waals surface area contributed by atoms with Crippen molar-refractivity contribution < 1.29 is 13.6 Å². The van der Waals surface area contributed by atoms with Gasteiger partial charge in [-0.15, -0.1) is 0 Å². The molecule has 2 aromatic rings. The summed E-state index contributed by atoms with van der Waals surface area (Å²) in [5, 5.41) is 1.93. The molecule has 0 bridgehead atoms. The molecule has 1 nitrogen and oxygen atoms in total. The third kappa shape index (κ3) is 2.45. The minimum absolute atomic E-state index is 0.0114. The average molecular weight is 274 g/mol. The van der Waals surface area contributed by atoms with Crippen LogP contribution in [0.4, 0.5) is 8.78 Å². The zero-order valence-electron chi connectivity index (χ0n) is 11.1. The lowest BCUT2D eigenvalue weighted by molar-refractivity contribution is -0.0424. The van der Waals surface area contributed by atoms with Gasteiger partial charge in [0.2, 0.25) is 5.92 Å². The van der Waals surface area contributed by atoms with Gasteiger partial charge in [-0.05, 0) is 23.6 Å². The van der Waals surface area contributed by atoms with E-state index in [0.717, 1.165) is 10.8 Å². The van der Waals surface area contributed by atoms with Crippen molar-refractivity contribution in [3.8, 4) is 0 Å². The highest BCUT2D eigenvalue weighted by Gasteiger charge is 2.37. The molecular weight excluding hydrogens is 258 g/mol. The number of alkyl halides is 2. The Balaban J connectivity index is 1.90. The molecule has 3 rings (SSSR count). The van der Waals surface area contributed by atoms with Crippen molar-refractivity contribution in [3.63, 3.8) is 0 Å². The Morgan fingerprint density at radius 2 is 1.65 bits per heavy atom. The van der Waals surface area contributed by atoms with Crippen LogP contribution in [0.25, 0.3) is 10.8 Å². The number of hydrogen-bond acceptors (Lipinski definition) is 1. The molecule has 20 heavy (non-hydrogen) atoms. The molecule has 1 fully saturated rings. The van der Waals surface area contributed by atoms with E-state index in [2.05, 4.69) is 0 Å². The summed E-state index contributed by atoms with van der Waals surface area (Å²) >= 11 is 0. The molecule has 0 atom stereocenters. The molecule has 1 aliphatic carbocycles. The Morgan fingerprint density at radius 1 is 1.00 bits per heavy atom. The molecule has 3 heteroatoms. The van der Waals surface area contributed by atoms with Crippen LogP contribution in [-0.4, -0.2) is 11.7 Å². The Kier molecular flexibility index (Phi) is 3.28. The number of fused-ring (bicyclic) bond motifs is 1. The number of benzene rings is 2. The van der Waals surface area contributed by atoms with Gasteiger partial charge in [-0.2, -0.15) is 0 Å². The predicted octanol–water partition coefficient (Wildman–Crippen LogP) is 4.85. The Labute approximate surface area is 116 Å². The molecule has 0 amide bonds. The topological polar surface area (TPSA) is 17.1 Å². The summed E-state index contributed by atoms with van der Waals surface area (Å²) in [4.78, 5) is 12.6. The Hall–Kier alpha value is -1.77. The quantitative estimate of drug-likeness (QED) is 0.715. The van der Waals surface area contributed by atoms with Gasteiger partial charge in [0, 0.05) is 24.3 Å². The number of ketones is 1. The van der Waals surface area contributed by atoms with Crippen molar-refractivity contribution >= 4 is 16.6 Å². The van der Waals surface area contributed by atoms with E-state index in [-0.39, 0.29) is 37.4 Å². The summed E-state index contributed by atoms with van der Waals surface area (Å²) in [5.41, 5.74) is 0.665. The number of rotatable bonds is 2. The SMILES string of the molecule is O=C(c1cccc2ccccc12)C1CCC(F)(F)CC1. The normalized spacial score (nSPS) is 19.1. The number of carbonyl (C=O) groups is 1. The molecule has 0 aliphatic heterocycles. The average Bonchev–Trinajstić information content (AvgIpc) is 2.46. The molecule has 1 aliphatic rings. The maximum atomic E-state index is 13.2. The minimum Gasteiger partial charge on any atom is -0.294 e. The summed E-state index contributed by atoms with van der Waals surface area (Å²) in [6.45, 7) is 0. The van der Waals surface area contributed by atoms with Crippen molar-refractivity contribution in [1.82, 2.24) is 0 Å². The zero-order valence-corrected chi connectivity index (χ0v) is 11.1. The fourth-order valence-electron chi connectivity index (χ4n) is 2.96. The van der Waals surface area contributed by atoms with E-state index in [1.54, 1.807) is 6.07 Å². The van der Waals surface area contributed by atoms with E-state index in [0.29, 0.717) is 5.56 Å². The molecule has 2 aromatic carbocycles. The van der Waals surface area contributed by atoms with Gasteiger partial charge < -0.3 is 0 Å². The highest BCUT2D eigenvalue weighted by Crippen LogP contribution is 2.38. The first-order valence-electron chi connectivity index (χ1n) is 6.97. The zero-order chi connectivity index (χ0) is 14.2. The summed E-state index contributed by atoms with van der Waals surface area (Å²) in [6, 6.07) is 13.3. The fraction of sp³-hybridized carbons (Fsp3) is 0.353. The molecule has 0 radical (unpaired) electrons. The van der Waals surface area contributed by atoms with Crippen LogP contribution >= 0.6 is 0 Å². The first kappa shape index (κ1) is 13.2. The third-order valence-electron chi connectivity index (χ3n) is 4.14. The molecule has 1 saturated carbocycles. The van der Waals surface area contributed by atoms with Crippen molar-refractivity contribution in [2.45, 2.75) is 31.6 Å². The second kappa shape index (κ2) is 4.97. The maximum Gasteiger partial charge on any atom is 0.248 e. The summed E-state index contributed by atoms with van der Waals surface area (Å²) in [7, 11) is 0. The van der Waals surface area contributed by atoms with E-state index < -0.39 is 5.92 Å². The number of halogens is 2. The molecule has 0 heterocycles. The van der Waals surface area contributed by atoms with Gasteiger partial charge in [0.15, 0.2) is 5.78 Å². The van der Waals surface area contributed by atoms with Gasteiger partial charge in [0.25, 0.3) is 0 Å². The number of hydrogen-bond donors (Lipinski definition) is 0. The lowest BCUT2D eigenvalue weighted by Gasteiger charge is -2.27. The predicted molar refractivity (Wildman–Crippen MR) is 75.2 cm³/mol. The monoisotopic (exact) mass is 274 g/mol. The van der Waals surface area contributed by atoms with Crippen LogP contribution in [0.2, 0.25) is 0 Å². The van der Waals surface area contributed by atoms with E-state index in [1.807, 2.05) is 36.4 Å². The first-order valence-corrected chi connectivity index (χ1v) is 6.97. The van der Waals surface area contributed by atoms with Crippen molar-refractivity contribution in [3.05, 3.63) is 48.0 Å². The fourth-order valence-corrected chi connectivity index (χ4v) is 2.96. The lowest BCUT2D eigenvalue weighted by atomic mass is 9.81. The molecule has 0 N–H and O–H groups in total. The molecule has 104 valence electrons. The van der Waals surface area contributed by atoms with Gasteiger partial charge in [0.05, 0.1) is 0 Å².